The van der Waals surface area contributed by atoms with Crippen LogP contribution in [0.15, 0.2) is 158 Å². The SMILES string of the molecule is CC(C)(c1cccc(-c2[c-]cc(F)c(-c3nc4ccccc4n3-c3ccccc3)c2F)n1)c1cccc(-c2[c-]cc(F)c(-c3nc4ccccc4n3-c3ccccc3)c2F)n1.[Pt+2]. The number of aromatic nitrogens is 6. The Bertz CT molecular complexity index is 3070. The van der Waals surface area contributed by atoms with Gasteiger partial charge in [-0.3, -0.25) is 26.7 Å². The van der Waals surface area contributed by atoms with E-state index in [4.69, 9.17) is 19.9 Å². The van der Waals surface area contributed by atoms with E-state index in [1.54, 1.807) is 57.7 Å². The first-order chi connectivity index (χ1) is 29.7. The Morgan fingerprint density at radius 3 is 1.26 bits per heavy atom. The van der Waals surface area contributed by atoms with Crippen molar-refractivity contribution in [1.29, 1.82) is 0 Å². The Labute approximate surface area is 368 Å². The number of benzene rings is 6. The van der Waals surface area contributed by atoms with Gasteiger partial charge in [-0.15, -0.1) is 24.3 Å². The van der Waals surface area contributed by atoms with Crippen LogP contribution in [-0.4, -0.2) is 29.1 Å². The smallest absolute Gasteiger partial charge is 0.300 e. The molecule has 10 aromatic rings. The number of nitrogens with zero attached hydrogens (tertiary/aromatic N) is 6. The summed E-state index contributed by atoms with van der Waals surface area (Å²) < 4.78 is 68.9. The van der Waals surface area contributed by atoms with Crippen LogP contribution in [0.5, 0.6) is 0 Å². The Morgan fingerprint density at radius 1 is 0.452 bits per heavy atom. The molecule has 0 amide bonds. The van der Waals surface area contributed by atoms with Crippen molar-refractivity contribution in [3.05, 3.63) is 205 Å². The average molecular weight is 1000 g/mol. The van der Waals surface area contributed by atoms with E-state index in [2.05, 4.69) is 12.1 Å². The van der Waals surface area contributed by atoms with Gasteiger partial charge in [-0.25, -0.2) is 9.97 Å². The number of imidazole rings is 2. The van der Waals surface area contributed by atoms with Crippen LogP contribution in [0.3, 0.4) is 0 Å². The zero-order chi connectivity index (χ0) is 41.8. The summed E-state index contributed by atoms with van der Waals surface area (Å²) in [5.74, 6) is -3.18. The zero-order valence-corrected chi connectivity index (χ0v) is 35.3. The quantitative estimate of drug-likeness (QED) is 0.112. The van der Waals surface area contributed by atoms with Crippen molar-refractivity contribution in [1.82, 2.24) is 29.1 Å². The fourth-order valence-corrected chi connectivity index (χ4v) is 7.82. The van der Waals surface area contributed by atoms with E-state index >= 15 is 17.6 Å². The molecular formula is C51H32F4N6Pt. The number of halogens is 4. The number of para-hydroxylation sites is 6. The fraction of sp³-hybridized carbons (Fsp3) is 0.0588. The van der Waals surface area contributed by atoms with Gasteiger partial charge < -0.3 is 9.97 Å². The van der Waals surface area contributed by atoms with E-state index in [1.807, 2.05) is 111 Å². The maximum atomic E-state index is 16.9. The second kappa shape index (κ2) is 16.1. The fourth-order valence-electron chi connectivity index (χ4n) is 7.82. The molecule has 0 N–H and O–H groups in total. The van der Waals surface area contributed by atoms with Gasteiger partial charge in [-0.1, -0.05) is 96.1 Å². The molecule has 0 fully saturated rings. The monoisotopic (exact) mass is 999 g/mol. The summed E-state index contributed by atoms with van der Waals surface area (Å²) in [6, 6.07) is 51.2. The third-order valence-electron chi connectivity index (χ3n) is 10.9. The van der Waals surface area contributed by atoms with Crippen molar-refractivity contribution in [3.8, 4) is 56.7 Å². The van der Waals surface area contributed by atoms with Gasteiger partial charge in [0.1, 0.15) is 11.6 Å². The van der Waals surface area contributed by atoms with E-state index in [0.717, 1.165) is 12.1 Å². The first-order valence-electron chi connectivity index (χ1n) is 19.5. The van der Waals surface area contributed by atoms with Crippen LogP contribution < -0.4 is 0 Å². The summed E-state index contributed by atoms with van der Waals surface area (Å²) in [5.41, 5.74) is 3.72. The molecule has 0 aliphatic rings. The van der Waals surface area contributed by atoms with Crippen molar-refractivity contribution in [2.45, 2.75) is 19.3 Å². The van der Waals surface area contributed by atoms with Gasteiger partial charge >= 0.3 is 21.1 Å². The minimum absolute atomic E-state index is 0. The number of rotatable bonds is 8. The maximum absolute atomic E-state index is 16.9. The molecule has 0 aliphatic carbocycles. The molecule has 62 heavy (non-hydrogen) atoms. The van der Waals surface area contributed by atoms with Gasteiger partial charge in [0.15, 0.2) is 0 Å². The Kier molecular flexibility index (Phi) is 10.5. The third kappa shape index (κ3) is 6.81. The summed E-state index contributed by atoms with van der Waals surface area (Å²) >= 11 is 0. The minimum Gasteiger partial charge on any atom is -0.300 e. The topological polar surface area (TPSA) is 61.4 Å². The van der Waals surface area contributed by atoms with Crippen molar-refractivity contribution in [2.24, 2.45) is 0 Å². The van der Waals surface area contributed by atoms with E-state index in [0.29, 0.717) is 44.8 Å². The summed E-state index contributed by atoms with van der Waals surface area (Å²) in [7, 11) is 0. The number of fused-ring (bicyclic) bond motifs is 2. The molecule has 0 bridgehead atoms. The van der Waals surface area contributed by atoms with E-state index in [-0.39, 0.29) is 66.4 Å². The predicted molar refractivity (Wildman–Crippen MR) is 229 cm³/mol. The largest absolute Gasteiger partial charge is 2.00 e. The van der Waals surface area contributed by atoms with Gasteiger partial charge in [-0.2, -0.15) is 0 Å². The molecule has 0 atom stereocenters. The van der Waals surface area contributed by atoms with Gasteiger partial charge in [-0.05, 0) is 85.9 Å². The van der Waals surface area contributed by atoms with Gasteiger partial charge in [0, 0.05) is 39.3 Å². The molecule has 0 radical (unpaired) electrons. The molecule has 0 saturated carbocycles. The van der Waals surface area contributed by atoms with Crippen molar-refractivity contribution >= 4 is 22.1 Å². The van der Waals surface area contributed by atoms with Crippen LogP contribution in [-0.2, 0) is 26.5 Å². The molecule has 4 aromatic heterocycles. The third-order valence-corrected chi connectivity index (χ3v) is 10.9. The van der Waals surface area contributed by atoms with Crippen LogP contribution in [0.2, 0.25) is 0 Å². The number of hydrogen-bond acceptors (Lipinski definition) is 4. The maximum Gasteiger partial charge on any atom is 2.00 e. The number of hydrogen-bond donors (Lipinski definition) is 0. The zero-order valence-electron chi connectivity index (χ0n) is 33.0. The molecule has 6 nitrogen and oxygen atoms in total. The van der Waals surface area contributed by atoms with Gasteiger partial charge in [0.05, 0.1) is 45.3 Å². The van der Waals surface area contributed by atoms with Crippen LogP contribution in [0.25, 0.3) is 78.7 Å². The Balaban J connectivity index is 0.00000490. The molecule has 304 valence electrons. The minimum atomic E-state index is -0.923. The second-order valence-corrected chi connectivity index (χ2v) is 15.0. The molecule has 0 aliphatic heterocycles. The van der Waals surface area contributed by atoms with E-state index in [9.17, 15) is 0 Å². The van der Waals surface area contributed by atoms with E-state index < -0.39 is 28.7 Å². The van der Waals surface area contributed by atoms with E-state index in [1.165, 1.54) is 0 Å². The first kappa shape index (κ1) is 40.4. The van der Waals surface area contributed by atoms with Crippen LogP contribution in [0.4, 0.5) is 17.6 Å². The van der Waals surface area contributed by atoms with Gasteiger partial charge in [0.25, 0.3) is 0 Å². The van der Waals surface area contributed by atoms with Crippen LogP contribution in [0, 0.1) is 35.4 Å². The first-order valence-corrected chi connectivity index (χ1v) is 19.5. The molecule has 10 rings (SSSR count). The standard InChI is InChI=1S/C51H32F4N6.Pt/c1-51(2,43-25-13-21-37(56-43)33-27-29-35(52)45(47(33)54)49-58-39-19-9-11-23-41(39)60(49)31-15-5-3-6-16-31)44-26-14-22-38(57-44)34-28-30-36(53)46(48(34)55)50-59-40-20-10-12-24-42(40)61(50)32-17-7-4-8-18-32;/h3-26,29-30H,1-2H3;/q-2;+2. The molecular weight excluding hydrogens is 968 g/mol. The van der Waals surface area contributed by atoms with Crippen molar-refractivity contribution in [2.75, 3.05) is 0 Å². The number of pyridine rings is 2. The molecule has 0 unspecified atom stereocenters. The summed E-state index contributed by atoms with van der Waals surface area (Å²) in [6.45, 7) is 3.78. The van der Waals surface area contributed by atoms with Crippen LogP contribution in [0.1, 0.15) is 25.2 Å². The molecule has 6 aromatic carbocycles. The Morgan fingerprint density at radius 2 is 0.839 bits per heavy atom. The van der Waals surface area contributed by atoms with Crippen molar-refractivity contribution < 1.29 is 38.6 Å². The average Bonchev–Trinajstić information content (AvgIpc) is 3.86. The molecule has 0 spiro atoms. The molecule has 11 heteroatoms. The molecule has 0 saturated heterocycles. The second-order valence-electron chi connectivity index (χ2n) is 15.0. The van der Waals surface area contributed by atoms with Crippen LogP contribution >= 0.6 is 0 Å². The predicted octanol–water partition coefficient (Wildman–Crippen LogP) is 12.3. The normalized spacial score (nSPS) is 11.6. The Hall–Kier alpha value is -7.03. The summed E-state index contributed by atoms with van der Waals surface area (Å²) in [4.78, 5) is 19.1. The molecule has 4 heterocycles. The summed E-state index contributed by atoms with van der Waals surface area (Å²) in [5, 5.41) is 0. The summed E-state index contributed by atoms with van der Waals surface area (Å²) in [6.07, 6.45) is 0. The van der Waals surface area contributed by atoms with Gasteiger partial charge in [0.2, 0.25) is 0 Å². The van der Waals surface area contributed by atoms with Crippen molar-refractivity contribution in [3.63, 3.8) is 0 Å².